The Bertz CT molecular complexity index is 797. The molecular weight excluding hydrogens is 328 g/mol. The minimum absolute atomic E-state index is 0.000213. The van der Waals surface area contributed by atoms with Gasteiger partial charge in [-0.3, -0.25) is 14.7 Å². The summed E-state index contributed by atoms with van der Waals surface area (Å²) in [7, 11) is 0. The van der Waals surface area contributed by atoms with Crippen LogP contribution in [0.1, 0.15) is 53.5 Å². The Hall–Kier alpha value is -2.63. The van der Waals surface area contributed by atoms with Crippen LogP contribution in [0.15, 0.2) is 30.3 Å². The lowest BCUT2D eigenvalue weighted by Crippen LogP contribution is -2.39. The molecule has 26 heavy (non-hydrogen) atoms. The number of H-pyrrole nitrogens is 1. The van der Waals surface area contributed by atoms with Crippen molar-refractivity contribution in [3.63, 3.8) is 0 Å². The Labute approximate surface area is 154 Å². The molecule has 1 saturated heterocycles. The van der Waals surface area contributed by atoms with Crippen molar-refractivity contribution < 1.29 is 9.59 Å². The molecule has 138 valence electrons. The van der Waals surface area contributed by atoms with Crippen molar-refractivity contribution >= 4 is 11.8 Å². The Balaban J connectivity index is 1.53. The van der Waals surface area contributed by atoms with Crippen LogP contribution in [0.5, 0.6) is 0 Å². The summed E-state index contributed by atoms with van der Waals surface area (Å²) in [6.45, 7) is 7.29. The van der Waals surface area contributed by atoms with E-state index in [1.165, 1.54) is 0 Å². The molecule has 0 bridgehead atoms. The third kappa shape index (κ3) is 4.31. The van der Waals surface area contributed by atoms with Crippen LogP contribution in [-0.2, 0) is 11.2 Å². The zero-order valence-electron chi connectivity index (χ0n) is 15.6. The number of likely N-dealkylation sites (tertiary alicyclic amines) is 1. The van der Waals surface area contributed by atoms with Crippen molar-refractivity contribution in [3.05, 3.63) is 52.8 Å². The summed E-state index contributed by atoms with van der Waals surface area (Å²) >= 11 is 0. The molecule has 1 aliphatic heterocycles. The maximum absolute atomic E-state index is 12.6. The number of carbonyl (C=O) groups is 2. The largest absolute Gasteiger partial charge is 0.351 e. The number of nitrogens with one attached hydrogen (secondary N) is 2. The molecule has 1 fully saturated rings. The summed E-state index contributed by atoms with van der Waals surface area (Å²) < 4.78 is 0. The number of amides is 2. The van der Waals surface area contributed by atoms with Gasteiger partial charge in [0.05, 0.1) is 6.42 Å². The quantitative estimate of drug-likeness (QED) is 0.865. The average Bonchev–Trinajstić information content (AvgIpc) is 3.23. The van der Waals surface area contributed by atoms with Gasteiger partial charge in [-0.1, -0.05) is 43.7 Å². The zero-order valence-corrected chi connectivity index (χ0v) is 15.6. The minimum Gasteiger partial charge on any atom is -0.351 e. The molecule has 2 heterocycles. The Morgan fingerprint density at radius 3 is 2.85 bits per heavy atom. The first-order chi connectivity index (χ1) is 12.4. The van der Waals surface area contributed by atoms with Crippen LogP contribution in [0.2, 0.25) is 0 Å². The Morgan fingerprint density at radius 2 is 2.15 bits per heavy atom. The lowest BCUT2D eigenvalue weighted by atomic mass is 10.1. The summed E-state index contributed by atoms with van der Waals surface area (Å²) in [4.78, 5) is 26.6. The number of nitrogens with zero attached hydrogens (tertiary/aromatic N) is 2. The molecule has 2 amide bonds. The first-order valence-corrected chi connectivity index (χ1v) is 9.12. The molecule has 0 saturated carbocycles. The monoisotopic (exact) mass is 354 g/mol. The first-order valence-electron chi connectivity index (χ1n) is 9.12. The van der Waals surface area contributed by atoms with E-state index in [9.17, 15) is 9.59 Å². The molecule has 1 unspecified atom stereocenters. The lowest BCUT2D eigenvalue weighted by molar-refractivity contribution is -0.121. The standard InChI is InChI=1S/C20H26N4O2/c1-13(2)17-11-18(23-22-17)20(26)24-8-7-16(12-24)21-19(25)10-15-6-4-5-14(3)9-15/h4-6,9,11,13,16H,7-8,10,12H2,1-3H3,(H,21,25)(H,22,23). The molecule has 0 aliphatic carbocycles. The predicted molar refractivity (Wildman–Crippen MR) is 100 cm³/mol. The molecule has 1 aromatic heterocycles. The summed E-state index contributed by atoms with van der Waals surface area (Å²) in [6, 6.07) is 9.77. The first kappa shape index (κ1) is 18.2. The number of benzene rings is 1. The third-order valence-electron chi connectivity index (χ3n) is 4.73. The molecule has 0 spiro atoms. The molecule has 1 aromatic carbocycles. The van der Waals surface area contributed by atoms with Gasteiger partial charge < -0.3 is 10.2 Å². The van der Waals surface area contributed by atoms with E-state index in [1.807, 2.05) is 37.3 Å². The maximum atomic E-state index is 12.6. The molecule has 2 N–H and O–H groups in total. The van der Waals surface area contributed by atoms with Crippen LogP contribution in [-0.4, -0.2) is 46.0 Å². The second kappa shape index (κ2) is 7.72. The second-order valence-electron chi connectivity index (χ2n) is 7.33. The highest BCUT2D eigenvalue weighted by Gasteiger charge is 2.29. The smallest absolute Gasteiger partial charge is 0.274 e. The van der Waals surface area contributed by atoms with E-state index in [0.717, 1.165) is 23.2 Å². The van der Waals surface area contributed by atoms with Crippen molar-refractivity contribution in [2.75, 3.05) is 13.1 Å². The molecule has 1 aliphatic rings. The van der Waals surface area contributed by atoms with Crippen LogP contribution in [0.25, 0.3) is 0 Å². The van der Waals surface area contributed by atoms with Gasteiger partial charge >= 0.3 is 0 Å². The van der Waals surface area contributed by atoms with E-state index in [4.69, 9.17) is 0 Å². The lowest BCUT2D eigenvalue weighted by Gasteiger charge is -2.16. The summed E-state index contributed by atoms with van der Waals surface area (Å²) in [6.07, 6.45) is 1.13. The Morgan fingerprint density at radius 1 is 1.35 bits per heavy atom. The average molecular weight is 354 g/mol. The van der Waals surface area contributed by atoms with Crippen molar-refractivity contribution in [2.45, 2.75) is 45.6 Å². The SMILES string of the molecule is Cc1cccc(CC(=O)NC2CCN(C(=O)c3cc(C(C)C)[nH]n3)C2)c1. The van der Waals surface area contributed by atoms with Crippen LogP contribution in [0.3, 0.4) is 0 Å². The molecule has 1 atom stereocenters. The van der Waals surface area contributed by atoms with Gasteiger partial charge in [-0.15, -0.1) is 0 Å². The van der Waals surface area contributed by atoms with Crippen LogP contribution < -0.4 is 5.32 Å². The normalized spacial score (nSPS) is 16.9. The fourth-order valence-corrected chi connectivity index (χ4v) is 3.25. The Kier molecular flexibility index (Phi) is 5.40. The van der Waals surface area contributed by atoms with Gasteiger partial charge in [-0.2, -0.15) is 5.10 Å². The van der Waals surface area contributed by atoms with Gasteiger partial charge in [-0.05, 0) is 30.9 Å². The number of hydrogen-bond acceptors (Lipinski definition) is 3. The van der Waals surface area contributed by atoms with Gasteiger partial charge in [-0.25, -0.2) is 0 Å². The van der Waals surface area contributed by atoms with Gasteiger partial charge in [0.15, 0.2) is 0 Å². The van der Waals surface area contributed by atoms with Crippen LogP contribution in [0.4, 0.5) is 0 Å². The fourth-order valence-electron chi connectivity index (χ4n) is 3.25. The van der Waals surface area contributed by atoms with Crippen molar-refractivity contribution in [1.82, 2.24) is 20.4 Å². The predicted octanol–water partition coefficient (Wildman–Crippen LogP) is 2.41. The number of carbonyl (C=O) groups excluding carboxylic acids is 2. The van der Waals surface area contributed by atoms with Gasteiger partial charge in [0.25, 0.3) is 5.91 Å². The van der Waals surface area contributed by atoms with Gasteiger partial charge in [0.1, 0.15) is 5.69 Å². The van der Waals surface area contributed by atoms with E-state index in [-0.39, 0.29) is 17.9 Å². The van der Waals surface area contributed by atoms with E-state index in [2.05, 4.69) is 29.4 Å². The molecular formula is C20H26N4O2. The number of aryl methyl sites for hydroxylation is 1. The van der Waals surface area contributed by atoms with Crippen molar-refractivity contribution in [1.29, 1.82) is 0 Å². The highest BCUT2D eigenvalue weighted by atomic mass is 16.2. The summed E-state index contributed by atoms with van der Waals surface area (Å²) in [5, 5.41) is 10.1. The van der Waals surface area contributed by atoms with E-state index in [1.54, 1.807) is 4.90 Å². The van der Waals surface area contributed by atoms with E-state index < -0.39 is 0 Å². The molecule has 6 nitrogen and oxygen atoms in total. The van der Waals surface area contributed by atoms with E-state index in [0.29, 0.717) is 31.1 Å². The summed E-state index contributed by atoms with van der Waals surface area (Å²) in [5.74, 6) is 0.219. The van der Waals surface area contributed by atoms with Crippen molar-refractivity contribution in [2.24, 2.45) is 0 Å². The van der Waals surface area contributed by atoms with E-state index >= 15 is 0 Å². The second-order valence-corrected chi connectivity index (χ2v) is 7.33. The zero-order chi connectivity index (χ0) is 18.7. The molecule has 3 rings (SSSR count). The highest BCUT2D eigenvalue weighted by Crippen LogP contribution is 2.16. The van der Waals surface area contributed by atoms with Crippen LogP contribution in [0, 0.1) is 6.92 Å². The number of aromatic amines is 1. The number of hydrogen-bond donors (Lipinski definition) is 2. The number of rotatable bonds is 5. The van der Waals surface area contributed by atoms with Gasteiger partial charge in [0, 0.05) is 24.8 Å². The number of aromatic nitrogens is 2. The molecule has 6 heteroatoms. The van der Waals surface area contributed by atoms with Crippen molar-refractivity contribution in [3.8, 4) is 0 Å². The molecule has 0 radical (unpaired) electrons. The van der Waals surface area contributed by atoms with Crippen LogP contribution >= 0.6 is 0 Å². The minimum atomic E-state index is -0.0800. The maximum Gasteiger partial charge on any atom is 0.274 e. The summed E-state index contributed by atoms with van der Waals surface area (Å²) in [5.41, 5.74) is 3.55. The molecule has 2 aromatic rings. The third-order valence-corrected chi connectivity index (χ3v) is 4.73. The highest BCUT2D eigenvalue weighted by molar-refractivity contribution is 5.92. The fraction of sp³-hybridized carbons (Fsp3) is 0.450. The van der Waals surface area contributed by atoms with Gasteiger partial charge in [0.2, 0.25) is 5.91 Å². The topological polar surface area (TPSA) is 78.1 Å².